The molecule has 0 spiro atoms. The first-order chi connectivity index (χ1) is 7.28. The van der Waals surface area contributed by atoms with Gasteiger partial charge in [0.1, 0.15) is 0 Å². The van der Waals surface area contributed by atoms with Gasteiger partial charge >= 0.3 is 0 Å². The fourth-order valence-corrected chi connectivity index (χ4v) is 2.04. The lowest BCUT2D eigenvalue weighted by Gasteiger charge is -2.02. The molecule has 2 aromatic rings. The Labute approximate surface area is 97.2 Å². The van der Waals surface area contributed by atoms with Gasteiger partial charge < -0.3 is 5.32 Å². The highest BCUT2D eigenvalue weighted by atomic mass is 32.1. The lowest BCUT2D eigenvalue weighted by atomic mass is 10.1. The molecule has 0 bridgehead atoms. The molecule has 0 unspecified atom stereocenters. The van der Waals surface area contributed by atoms with Crippen LogP contribution in [0.3, 0.4) is 0 Å². The van der Waals surface area contributed by atoms with E-state index in [1.807, 2.05) is 12.1 Å². The van der Waals surface area contributed by atoms with E-state index < -0.39 is 0 Å². The van der Waals surface area contributed by atoms with Gasteiger partial charge in [-0.15, -0.1) is 5.10 Å². The van der Waals surface area contributed by atoms with Crippen LogP contribution in [0.15, 0.2) is 24.3 Å². The van der Waals surface area contributed by atoms with Gasteiger partial charge in [0.25, 0.3) is 0 Å². The number of hydrogen-bond donors (Lipinski definition) is 2. The van der Waals surface area contributed by atoms with Crippen molar-refractivity contribution in [3.8, 4) is 0 Å². The van der Waals surface area contributed by atoms with Crippen LogP contribution in [0.5, 0.6) is 0 Å². The van der Waals surface area contributed by atoms with Gasteiger partial charge in [0.15, 0.2) is 3.95 Å². The molecular formula is C10H11N3S2. The predicted octanol–water partition coefficient (Wildman–Crippen LogP) is 3.51. The number of rotatable bonds is 3. The topological polar surface area (TPSA) is 40.7 Å². The van der Waals surface area contributed by atoms with Crippen molar-refractivity contribution in [1.29, 1.82) is 0 Å². The van der Waals surface area contributed by atoms with E-state index >= 15 is 0 Å². The Kier molecular flexibility index (Phi) is 3.13. The van der Waals surface area contributed by atoms with Crippen molar-refractivity contribution in [2.45, 2.75) is 13.3 Å². The molecule has 0 amide bonds. The molecule has 0 aliphatic rings. The number of nitrogens with zero attached hydrogens (tertiary/aromatic N) is 1. The second kappa shape index (κ2) is 4.55. The Morgan fingerprint density at radius 2 is 2.13 bits per heavy atom. The quantitative estimate of drug-likeness (QED) is 0.803. The van der Waals surface area contributed by atoms with Gasteiger partial charge in [-0.25, -0.2) is 0 Å². The number of H-pyrrole nitrogens is 1. The van der Waals surface area contributed by atoms with E-state index in [-0.39, 0.29) is 0 Å². The Hall–Kier alpha value is -1.20. The minimum absolute atomic E-state index is 0.683. The maximum absolute atomic E-state index is 4.95. The Morgan fingerprint density at radius 1 is 1.40 bits per heavy atom. The zero-order valence-electron chi connectivity index (χ0n) is 8.28. The van der Waals surface area contributed by atoms with E-state index in [0.717, 1.165) is 17.2 Å². The minimum Gasteiger partial charge on any atom is -0.330 e. The molecule has 1 heterocycles. The van der Waals surface area contributed by atoms with E-state index in [4.69, 9.17) is 12.2 Å². The third-order valence-electron chi connectivity index (χ3n) is 2.05. The number of benzene rings is 1. The summed E-state index contributed by atoms with van der Waals surface area (Å²) < 4.78 is 0.683. The SMILES string of the molecule is CCc1ccc(Nc2n[nH]c(=S)s2)cc1. The molecule has 0 aliphatic heterocycles. The van der Waals surface area contributed by atoms with Crippen molar-refractivity contribution in [2.75, 3.05) is 5.32 Å². The predicted molar refractivity (Wildman–Crippen MR) is 66.4 cm³/mol. The summed E-state index contributed by atoms with van der Waals surface area (Å²) in [6, 6.07) is 8.30. The fourth-order valence-electron chi connectivity index (χ4n) is 1.23. The van der Waals surface area contributed by atoms with Crippen LogP contribution < -0.4 is 5.32 Å². The lowest BCUT2D eigenvalue weighted by Crippen LogP contribution is -1.89. The molecule has 5 heteroatoms. The third-order valence-corrected chi connectivity index (χ3v) is 3.06. The van der Waals surface area contributed by atoms with Crippen molar-refractivity contribution in [2.24, 2.45) is 0 Å². The molecular weight excluding hydrogens is 226 g/mol. The average molecular weight is 237 g/mol. The first-order valence-electron chi connectivity index (χ1n) is 4.69. The van der Waals surface area contributed by atoms with Crippen LogP contribution in [-0.2, 0) is 6.42 Å². The van der Waals surface area contributed by atoms with E-state index in [9.17, 15) is 0 Å². The number of hydrogen-bond acceptors (Lipinski definition) is 4. The highest BCUT2D eigenvalue weighted by molar-refractivity contribution is 7.73. The molecule has 0 saturated carbocycles. The second-order valence-electron chi connectivity index (χ2n) is 3.09. The van der Waals surface area contributed by atoms with Gasteiger partial charge in [0, 0.05) is 5.69 Å². The number of anilines is 2. The lowest BCUT2D eigenvalue weighted by molar-refractivity contribution is 1.08. The zero-order valence-corrected chi connectivity index (χ0v) is 9.91. The summed E-state index contributed by atoms with van der Waals surface area (Å²) in [7, 11) is 0. The monoisotopic (exact) mass is 237 g/mol. The molecule has 0 radical (unpaired) electrons. The molecule has 2 rings (SSSR count). The summed E-state index contributed by atoms with van der Waals surface area (Å²) in [6.07, 6.45) is 1.06. The molecule has 1 aromatic heterocycles. The van der Waals surface area contributed by atoms with Gasteiger partial charge in [-0.2, -0.15) is 0 Å². The van der Waals surface area contributed by atoms with E-state index in [0.29, 0.717) is 3.95 Å². The minimum atomic E-state index is 0.683. The molecule has 2 N–H and O–H groups in total. The summed E-state index contributed by atoms with van der Waals surface area (Å²) >= 11 is 6.38. The largest absolute Gasteiger partial charge is 0.330 e. The zero-order chi connectivity index (χ0) is 10.7. The van der Waals surface area contributed by atoms with Gasteiger partial charge in [-0.05, 0) is 36.3 Å². The standard InChI is InChI=1S/C10H11N3S2/c1-2-7-3-5-8(6-4-7)11-9-12-13-10(14)15-9/h3-6H,2H2,1H3,(H,11,12)(H,13,14). The Balaban J connectivity index is 2.14. The average Bonchev–Trinajstić information content (AvgIpc) is 2.65. The summed E-state index contributed by atoms with van der Waals surface area (Å²) in [5.41, 5.74) is 2.36. The molecule has 1 aromatic carbocycles. The maximum Gasteiger partial charge on any atom is 0.208 e. The first-order valence-corrected chi connectivity index (χ1v) is 5.92. The van der Waals surface area contributed by atoms with Crippen LogP contribution >= 0.6 is 23.6 Å². The van der Waals surface area contributed by atoms with Crippen molar-refractivity contribution in [1.82, 2.24) is 10.2 Å². The number of nitrogens with one attached hydrogen (secondary N) is 2. The fraction of sp³-hybridized carbons (Fsp3) is 0.200. The molecule has 0 saturated heterocycles. The summed E-state index contributed by atoms with van der Waals surface area (Å²) in [4.78, 5) is 0. The molecule has 0 aliphatic carbocycles. The number of aryl methyl sites for hydroxylation is 1. The molecule has 3 nitrogen and oxygen atoms in total. The molecule has 0 atom stereocenters. The third kappa shape index (κ3) is 2.64. The van der Waals surface area contributed by atoms with Crippen molar-refractivity contribution >= 4 is 34.4 Å². The summed E-state index contributed by atoms with van der Waals surface area (Å²) in [6.45, 7) is 2.14. The molecule has 78 valence electrons. The van der Waals surface area contributed by atoms with Gasteiger partial charge in [0.2, 0.25) is 5.13 Å². The van der Waals surface area contributed by atoms with Crippen molar-refractivity contribution in [3.05, 3.63) is 33.8 Å². The van der Waals surface area contributed by atoms with Gasteiger partial charge in [-0.1, -0.05) is 30.4 Å². The number of aromatic amines is 1. The van der Waals surface area contributed by atoms with Crippen molar-refractivity contribution < 1.29 is 0 Å². The normalized spacial score (nSPS) is 10.2. The van der Waals surface area contributed by atoms with Crippen molar-refractivity contribution in [3.63, 3.8) is 0 Å². The van der Waals surface area contributed by atoms with E-state index in [2.05, 4.69) is 34.6 Å². The highest BCUT2D eigenvalue weighted by Gasteiger charge is 1.97. The van der Waals surface area contributed by atoms with Gasteiger partial charge in [-0.3, -0.25) is 5.10 Å². The molecule has 15 heavy (non-hydrogen) atoms. The van der Waals surface area contributed by atoms with Crippen LogP contribution in [0, 0.1) is 3.95 Å². The van der Waals surface area contributed by atoms with Crippen LogP contribution in [0.1, 0.15) is 12.5 Å². The van der Waals surface area contributed by atoms with Gasteiger partial charge in [0.05, 0.1) is 0 Å². The summed E-state index contributed by atoms with van der Waals surface area (Å²) in [5, 5.41) is 10.7. The first kappa shape index (κ1) is 10.3. The molecule has 0 fully saturated rings. The van der Waals surface area contributed by atoms with Crippen LogP contribution in [0.25, 0.3) is 0 Å². The smallest absolute Gasteiger partial charge is 0.208 e. The Morgan fingerprint density at radius 3 is 2.67 bits per heavy atom. The Bertz CT molecular complexity index is 484. The van der Waals surface area contributed by atoms with Crippen LogP contribution in [0.4, 0.5) is 10.8 Å². The maximum atomic E-state index is 4.95. The van der Waals surface area contributed by atoms with Crippen LogP contribution in [0.2, 0.25) is 0 Å². The number of aromatic nitrogens is 2. The second-order valence-corrected chi connectivity index (χ2v) is 4.76. The van der Waals surface area contributed by atoms with E-state index in [1.165, 1.54) is 16.9 Å². The highest BCUT2D eigenvalue weighted by Crippen LogP contribution is 2.18. The van der Waals surface area contributed by atoms with Crippen LogP contribution in [-0.4, -0.2) is 10.2 Å². The summed E-state index contributed by atoms with van der Waals surface area (Å²) in [5.74, 6) is 0. The van der Waals surface area contributed by atoms with E-state index in [1.54, 1.807) is 0 Å².